The molecule has 0 fully saturated rings. The number of carbonyl (C=O) groups excluding carboxylic acids is 1. The Labute approximate surface area is 140 Å². The van der Waals surface area contributed by atoms with Crippen molar-refractivity contribution in [2.45, 2.75) is 18.4 Å². The fourth-order valence-corrected chi connectivity index (χ4v) is 2.80. The Morgan fingerprint density at radius 1 is 1.13 bits per heavy atom. The Kier molecular flexibility index (Phi) is 5.28. The second kappa shape index (κ2) is 7.02. The van der Waals surface area contributed by atoms with Crippen molar-refractivity contribution in [3.63, 3.8) is 0 Å². The van der Waals surface area contributed by atoms with Gasteiger partial charge in [0.25, 0.3) is 0 Å². The summed E-state index contributed by atoms with van der Waals surface area (Å²) in [7, 11) is -3.24. The smallest absolute Gasteiger partial charge is 0.319 e. The summed E-state index contributed by atoms with van der Waals surface area (Å²) in [6.07, 6.45) is 1.13. The molecule has 2 aromatic rings. The molecule has 0 aliphatic carbocycles. The summed E-state index contributed by atoms with van der Waals surface area (Å²) in [5, 5.41) is 6.03. The number of anilines is 1. The van der Waals surface area contributed by atoms with E-state index in [1.807, 2.05) is 19.1 Å². The van der Waals surface area contributed by atoms with Gasteiger partial charge in [-0.2, -0.15) is 0 Å². The Balaban J connectivity index is 1.96. The summed E-state index contributed by atoms with van der Waals surface area (Å²) in [6.45, 7) is 2.24. The van der Waals surface area contributed by atoms with Gasteiger partial charge in [-0.1, -0.05) is 23.7 Å². The number of nitrogens with one attached hydrogen (secondary N) is 2. The lowest BCUT2D eigenvalue weighted by Gasteiger charge is -2.10. The fourth-order valence-electron chi connectivity index (χ4n) is 1.98. The second-order valence-electron chi connectivity index (χ2n) is 5.13. The Bertz CT molecular complexity index is 818. The number of halogens is 1. The van der Waals surface area contributed by atoms with Crippen LogP contribution in [0.2, 0.25) is 5.02 Å². The maximum Gasteiger partial charge on any atom is 0.319 e. The molecule has 2 N–H and O–H groups in total. The van der Waals surface area contributed by atoms with Crippen LogP contribution < -0.4 is 10.6 Å². The second-order valence-corrected chi connectivity index (χ2v) is 7.55. The Morgan fingerprint density at radius 2 is 1.78 bits per heavy atom. The number of sulfone groups is 1. The van der Waals surface area contributed by atoms with Crippen molar-refractivity contribution in [2.75, 3.05) is 11.6 Å². The monoisotopic (exact) mass is 352 g/mol. The zero-order chi connectivity index (χ0) is 17.0. The average Bonchev–Trinajstić information content (AvgIpc) is 2.48. The van der Waals surface area contributed by atoms with Gasteiger partial charge in [0.15, 0.2) is 9.84 Å². The van der Waals surface area contributed by atoms with Crippen LogP contribution >= 0.6 is 11.6 Å². The Morgan fingerprint density at radius 3 is 2.39 bits per heavy atom. The van der Waals surface area contributed by atoms with Crippen LogP contribution in [0.15, 0.2) is 47.4 Å². The molecule has 122 valence electrons. The quantitative estimate of drug-likeness (QED) is 0.885. The molecule has 2 aromatic carbocycles. The number of amides is 2. The van der Waals surface area contributed by atoms with E-state index >= 15 is 0 Å². The maximum atomic E-state index is 11.9. The molecule has 0 unspecified atom stereocenters. The molecule has 0 heterocycles. The zero-order valence-corrected chi connectivity index (χ0v) is 14.3. The van der Waals surface area contributed by atoms with Gasteiger partial charge in [-0.05, 0) is 48.4 Å². The summed E-state index contributed by atoms with van der Waals surface area (Å²) in [6, 6.07) is 11.1. The molecular weight excluding hydrogens is 336 g/mol. The molecule has 2 amide bonds. The number of hydrogen-bond donors (Lipinski definition) is 2. The van der Waals surface area contributed by atoms with E-state index in [0.717, 1.165) is 17.4 Å². The number of carbonyl (C=O) groups is 1. The van der Waals surface area contributed by atoms with Crippen LogP contribution in [0.4, 0.5) is 10.5 Å². The molecule has 0 saturated heterocycles. The third-order valence-electron chi connectivity index (χ3n) is 3.36. The maximum absolute atomic E-state index is 11.9. The molecule has 0 saturated carbocycles. The molecule has 5 nitrogen and oxygen atoms in total. The van der Waals surface area contributed by atoms with Crippen molar-refractivity contribution in [3.05, 3.63) is 58.6 Å². The minimum absolute atomic E-state index is 0.206. The standard InChI is InChI=1S/C16H17ClN2O3S/c1-11-12(4-3-5-15(11)17)10-18-16(20)19-13-6-8-14(9-7-13)23(2,21)22/h3-9H,10H2,1-2H3,(H2,18,19,20). The van der Waals surface area contributed by atoms with Crippen molar-refractivity contribution in [1.29, 1.82) is 0 Å². The van der Waals surface area contributed by atoms with E-state index in [0.29, 0.717) is 17.3 Å². The SMILES string of the molecule is Cc1c(Cl)cccc1CNC(=O)Nc1ccc(S(C)(=O)=O)cc1. The first kappa shape index (κ1) is 17.3. The molecular formula is C16H17ClN2O3S. The van der Waals surface area contributed by atoms with E-state index in [4.69, 9.17) is 11.6 Å². The highest BCUT2D eigenvalue weighted by molar-refractivity contribution is 7.90. The van der Waals surface area contributed by atoms with Gasteiger partial charge in [-0.15, -0.1) is 0 Å². The molecule has 0 aliphatic rings. The van der Waals surface area contributed by atoms with E-state index in [1.165, 1.54) is 12.1 Å². The van der Waals surface area contributed by atoms with Crippen molar-refractivity contribution in [2.24, 2.45) is 0 Å². The van der Waals surface area contributed by atoms with Crippen LogP contribution in [0.25, 0.3) is 0 Å². The highest BCUT2D eigenvalue weighted by Crippen LogP contribution is 2.18. The predicted molar refractivity (Wildman–Crippen MR) is 91.6 cm³/mol. The summed E-state index contributed by atoms with van der Waals surface area (Å²) in [4.78, 5) is 12.1. The first-order valence-corrected chi connectivity index (χ1v) is 9.13. The summed E-state index contributed by atoms with van der Waals surface area (Å²) >= 11 is 6.03. The molecule has 7 heteroatoms. The summed E-state index contributed by atoms with van der Waals surface area (Å²) in [5.74, 6) is 0. The third kappa shape index (κ3) is 4.71. The lowest BCUT2D eigenvalue weighted by molar-refractivity contribution is 0.251. The lowest BCUT2D eigenvalue weighted by atomic mass is 10.1. The molecule has 0 aliphatic heterocycles. The van der Waals surface area contributed by atoms with E-state index < -0.39 is 9.84 Å². The highest BCUT2D eigenvalue weighted by atomic mass is 35.5. The Hall–Kier alpha value is -2.05. The zero-order valence-electron chi connectivity index (χ0n) is 12.8. The normalized spacial score (nSPS) is 11.1. The number of rotatable bonds is 4. The largest absolute Gasteiger partial charge is 0.334 e. The number of benzene rings is 2. The fraction of sp³-hybridized carbons (Fsp3) is 0.188. The van der Waals surface area contributed by atoms with Crippen LogP contribution in [0.1, 0.15) is 11.1 Å². The lowest BCUT2D eigenvalue weighted by Crippen LogP contribution is -2.28. The molecule has 0 atom stereocenters. The molecule has 0 spiro atoms. The van der Waals surface area contributed by atoms with Crippen molar-refractivity contribution >= 4 is 33.2 Å². The third-order valence-corrected chi connectivity index (χ3v) is 4.90. The minimum atomic E-state index is -3.24. The van der Waals surface area contributed by atoms with Gasteiger partial charge in [0, 0.05) is 23.5 Å². The van der Waals surface area contributed by atoms with Crippen LogP contribution in [-0.2, 0) is 16.4 Å². The van der Waals surface area contributed by atoms with E-state index in [-0.39, 0.29) is 10.9 Å². The molecule has 0 radical (unpaired) electrons. The van der Waals surface area contributed by atoms with Crippen LogP contribution in [0.5, 0.6) is 0 Å². The van der Waals surface area contributed by atoms with Gasteiger partial charge in [-0.3, -0.25) is 0 Å². The first-order chi connectivity index (χ1) is 10.8. The van der Waals surface area contributed by atoms with Crippen LogP contribution in [0.3, 0.4) is 0 Å². The predicted octanol–water partition coefficient (Wildman–Crippen LogP) is 3.37. The van der Waals surface area contributed by atoms with E-state index in [1.54, 1.807) is 18.2 Å². The van der Waals surface area contributed by atoms with Gasteiger partial charge >= 0.3 is 6.03 Å². The van der Waals surface area contributed by atoms with Crippen molar-refractivity contribution < 1.29 is 13.2 Å². The van der Waals surface area contributed by atoms with Gasteiger partial charge in [0.2, 0.25) is 0 Å². The number of hydrogen-bond acceptors (Lipinski definition) is 3. The van der Waals surface area contributed by atoms with Crippen LogP contribution in [0, 0.1) is 6.92 Å². The molecule has 0 bridgehead atoms. The molecule has 23 heavy (non-hydrogen) atoms. The van der Waals surface area contributed by atoms with Crippen molar-refractivity contribution in [1.82, 2.24) is 5.32 Å². The highest BCUT2D eigenvalue weighted by Gasteiger charge is 2.08. The van der Waals surface area contributed by atoms with E-state index in [2.05, 4.69) is 10.6 Å². The van der Waals surface area contributed by atoms with Gasteiger partial charge in [0.1, 0.15) is 0 Å². The summed E-state index contributed by atoms with van der Waals surface area (Å²) in [5.41, 5.74) is 2.37. The molecule has 0 aromatic heterocycles. The number of urea groups is 1. The van der Waals surface area contributed by atoms with Gasteiger partial charge in [-0.25, -0.2) is 13.2 Å². The van der Waals surface area contributed by atoms with Gasteiger partial charge in [0.05, 0.1) is 4.90 Å². The summed E-state index contributed by atoms with van der Waals surface area (Å²) < 4.78 is 22.7. The average molecular weight is 353 g/mol. The van der Waals surface area contributed by atoms with Crippen molar-refractivity contribution in [3.8, 4) is 0 Å². The molecule has 2 rings (SSSR count). The minimum Gasteiger partial charge on any atom is -0.334 e. The van der Waals surface area contributed by atoms with Gasteiger partial charge < -0.3 is 10.6 Å². The van der Waals surface area contributed by atoms with Crippen LogP contribution in [-0.4, -0.2) is 20.7 Å². The van der Waals surface area contributed by atoms with E-state index in [9.17, 15) is 13.2 Å². The first-order valence-electron chi connectivity index (χ1n) is 6.86. The topological polar surface area (TPSA) is 75.3 Å².